The lowest BCUT2D eigenvalue weighted by atomic mass is 9.73. The van der Waals surface area contributed by atoms with Crippen molar-refractivity contribution in [1.82, 2.24) is 4.98 Å². The summed E-state index contributed by atoms with van der Waals surface area (Å²) in [4.78, 5) is 20.0. The highest BCUT2D eigenvalue weighted by atomic mass is 79.9. The summed E-state index contributed by atoms with van der Waals surface area (Å²) < 4.78 is 11.9. The van der Waals surface area contributed by atoms with Crippen LogP contribution in [0.15, 0.2) is 47.1 Å². The van der Waals surface area contributed by atoms with Crippen molar-refractivity contribution < 1.29 is 14.3 Å². The third kappa shape index (κ3) is 4.06. The summed E-state index contributed by atoms with van der Waals surface area (Å²) in [5, 5.41) is 3.04. The Morgan fingerprint density at radius 2 is 1.68 bits per heavy atom. The van der Waals surface area contributed by atoms with Gasteiger partial charge < -0.3 is 19.7 Å². The molecule has 0 bridgehead atoms. The molecular weight excluding hydrogens is 422 g/mol. The van der Waals surface area contributed by atoms with E-state index in [4.69, 9.17) is 9.47 Å². The molecule has 1 amide bonds. The first-order chi connectivity index (χ1) is 13.7. The first-order valence-electron chi connectivity index (χ1n) is 9.61. The van der Waals surface area contributed by atoms with Gasteiger partial charge in [-0.2, -0.15) is 0 Å². The second kappa shape index (κ2) is 8.59. The molecule has 1 aromatic carbocycles. The number of carbonyl (C=O) groups is 1. The van der Waals surface area contributed by atoms with Gasteiger partial charge >= 0.3 is 0 Å². The van der Waals surface area contributed by atoms with Crippen LogP contribution in [0.1, 0.15) is 18.4 Å². The molecule has 1 N–H and O–H groups in total. The quantitative estimate of drug-likeness (QED) is 0.781. The molecule has 6 nitrogen and oxygen atoms in total. The Morgan fingerprint density at radius 3 is 2.32 bits per heavy atom. The molecule has 2 fully saturated rings. The summed E-state index contributed by atoms with van der Waals surface area (Å²) in [7, 11) is 0. The molecule has 0 radical (unpaired) electrons. The molecule has 1 aromatic heterocycles. The van der Waals surface area contributed by atoms with Crippen molar-refractivity contribution in [2.24, 2.45) is 0 Å². The maximum Gasteiger partial charge on any atom is 0.236 e. The zero-order chi connectivity index (χ0) is 19.4. The molecule has 0 saturated carbocycles. The van der Waals surface area contributed by atoms with E-state index in [0.29, 0.717) is 31.9 Å². The van der Waals surface area contributed by atoms with Crippen molar-refractivity contribution in [2.75, 3.05) is 49.7 Å². The van der Waals surface area contributed by atoms with Crippen molar-refractivity contribution >= 4 is 33.3 Å². The van der Waals surface area contributed by atoms with E-state index in [0.717, 1.165) is 42.0 Å². The van der Waals surface area contributed by atoms with Crippen LogP contribution in [0.2, 0.25) is 0 Å². The highest BCUT2D eigenvalue weighted by Crippen LogP contribution is 2.36. The van der Waals surface area contributed by atoms with Crippen LogP contribution < -0.4 is 10.2 Å². The summed E-state index contributed by atoms with van der Waals surface area (Å²) >= 11 is 3.47. The number of amides is 1. The number of morpholine rings is 1. The highest BCUT2D eigenvalue weighted by Gasteiger charge is 2.41. The fourth-order valence-corrected chi connectivity index (χ4v) is 4.10. The molecule has 2 aliphatic rings. The lowest BCUT2D eigenvalue weighted by Crippen LogP contribution is -2.45. The monoisotopic (exact) mass is 445 g/mol. The molecule has 2 aromatic rings. The Labute approximate surface area is 173 Å². The minimum Gasteiger partial charge on any atom is -0.381 e. The van der Waals surface area contributed by atoms with Crippen LogP contribution in [-0.4, -0.2) is 50.4 Å². The summed E-state index contributed by atoms with van der Waals surface area (Å²) in [5.74, 6) is 0.551. The molecule has 0 aliphatic carbocycles. The standard InChI is InChI=1S/C21H24BrN3O3/c22-17-3-1-16(2-4-17)21(7-11-27-12-8-21)20(26)24-19-6-5-18(15-23-19)25-9-13-28-14-10-25/h1-6,15H,7-14H2,(H,23,24,26). The van der Waals surface area contributed by atoms with Gasteiger partial charge in [-0.1, -0.05) is 28.1 Å². The van der Waals surface area contributed by atoms with Crippen LogP contribution in [0, 0.1) is 0 Å². The number of aromatic nitrogens is 1. The minimum atomic E-state index is -0.594. The van der Waals surface area contributed by atoms with Gasteiger partial charge in [-0.05, 0) is 42.7 Å². The van der Waals surface area contributed by atoms with E-state index in [1.54, 1.807) is 0 Å². The van der Waals surface area contributed by atoms with Gasteiger partial charge in [0.1, 0.15) is 5.82 Å². The number of hydrogen-bond donors (Lipinski definition) is 1. The number of ether oxygens (including phenoxy) is 2. The number of pyridine rings is 1. The van der Waals surface area contributed by atoms with E-state index < -0.39 is 5.41 Å². The van der Waals surface area contributed by atoms with E-state index in [2.05, 4.69) is 31.1 Å². The third-order valence-electron chi connectivity index (χ3n) is 5.54. The van der Waals surface area contributed by atoms with E-state index in [9.17, 15) is 4.79 Å². The van der Waals surface area contributed by atoms with E-state index >= 15 is 0 Å². The summed E-state index contributed by atoms with van der Waals surface area (Å²) in [5.41, 5.74) is 1.47. The fraction of sp³-hybridized carbons (Fsp3) is 0.429. The van der Waals surface area contributed by atoms with Crippen molar-refractivity contribution in [1.29, 1.82) is 0 Å². The van der Waals surface area contributed by atoms with Gasteiger partial charge in [-0.3, -0.25) is 4.79 Å². The number of benzene rings is 1. The van der Waals surface area contributed by atoms with Crippen LogP contribution in [0.4, 0.5) is 11.5 Å². The van der Waals surface area contributed by atoms with Crippen molar-refractivity contribution in [3.8, 4) is 0 Å². The number of hydrogen-bond acceptors (Lipinski definition) is 5. The lowest BCUT2D eigenvalue weighted by molar-refractivity contribution is -0.125. The van der Waals surface area contributed by atoms with Gasteiger partial charge in [-0.15, -0.1) is 0 Å². The molecular formula is C21H24BrN3O3. The van der Waals surface area contributed by atoms with E-state index in [-0.39, 0.29) is 5.91 Å². The molecule has 2 saturated heterocycles. The summed E-state index contributed by atoms with van der Waals surface area (Å²) in [6, 6.07) is 11.9. The third-order valence-corrected chi connectivity index (χ3v) is 6.07. The predicted octanol–water partition coefficient (Wildman–Crippen LogP) is 3.37. The van der Waals surface area contributed by atoms with Crippen LogP contribution in [0.25, 0.3) is 0 Å². The zero-order valence-corrected chi connectivity index (χ0v) is 17.3. The van der Waals surface area contributed by atoms with E-state index in [1.807, 2.05) is 42.6 Å². The number of halogens is 1. The van der Waals surface area contributed by atoms with Gasteiger partial charge in [0.25, 0.3) is 0 Å². The molecule has 2 aliphatic heterocycles. The van der Waals surface area contributed by atoms with Crippen LogP contribution in [0.3, 0.4) is 0 Å². The van der Waals surface area contributed by atoms with Gasteiger partial charge in [0.15, 0.2) is 0 Å². The molecule has 4 rings (SSSR count). The maximum atomic E-state index is 13.3. The van der Waals surface area contributed by atoms with Gasteiger partial charge in [0, 0.05) is 30.8 Å². The summed E-state index contributed by atoms with van der Waals surface area (Å²) in [6.45, 7) is 4.34. The molecule has 148 valence electrons. The predicted molar refractivity (Wildman–Crippen MR) is 112 cm³/mol. The number of nitrogens with zero attached hydrogens (tertiary/aromatic N) is 2. The smallest absolute Gasteiger partial charge is 0.236 e. The lowest BCUT2D eigenvalue weighted by Gasteiger charge is -2.36. The summed E-state index contributed by atoms with van der Waals surface area (Å²) in [6.07, 6.45) is 3.13. The van der Waals surface area contributed by atoms with E-state index in [1.165, 1.54) is 0 Å². The SMILES string of the molecule is O=C(Nc1ccc(N2CCOCC2)cn1)C1(c2ccc(Br)cc2)CCOCC1. The topological polar surface area (TPSA) is 63.7 Å². The number of carbonyl (C=O) groups excluding carboxylic acids is 1. The number of anilines is 2. The zero-order valence-electron chi connectivity index (χ0n) is 15.7. The van der Waals surface area contributed by atoms with Crippen LogP contribution in [0.5, 0.6) is 0 Å². The van der Waals surface area contributed by atoms with Crippen molar-refractivity contribution in [3.63, 3.8) is 0 Å². The average Bonchev–Trinajstić information content (AvgIpc) is 2.76. The first-order valence-corrected chi connectivity index (χ1v) is 10.4. The molecule has 0 atom stereocenters. The fourth-order valence-electron chi connectivity index (χ4n) is 3.84. The minimum absolute atomic E-state index is 0.0234. The number of rotatable bonds is 4. The maximum absolute atomic E-state index is 13.3. The van der Waals surface area contributed by atoms with Gasteiger partial charge in [-0.25, -0.2) is 4.98 Å². The normalized spacial score (nSPS) is 19.2. The van der Waals surface area contributed by atoms with Crippen LogP contribution >= 0.6 is 15.9 Å². The average molecular weight is 446 g/mol. The molecule has 7 heteroatoms. The molecule has 28 heavy (non-hydrogen) atoms. The Hall–Kier alpha value is -1.96. The largest absolute Gasteiger partial charge is 0.381 e. The Kier molecular flexibility index (Phi) is 5.94. The first kappa shape index (κ1) is 19.4. The number of nitrogens with one attached hydrogen (secondary N) is 1. The highest BCUT2D eigenvalue weighted by molar-refractivity contribution is 9.10. The second-order valence-electron chi connectivity index (χ2n) is 7.16. The molecule has 0 unspecified atom stereocenters. The Balaban J connectivity index is 1.52. The Bertz CT molecular complexity index is 799. The second-order valence-corrected chi connectivity index (χ2v) is 8.07. The Morgan fingerprint density at radius 1 is 1.00 bits per heavy atom. The van der Waals surface area contributed by atoms with Crippen molar-refractivity contribution in [3.05, 3.63) is 52.6 Å². The van der Waals surface area contributed by atoms with Crippen molar-refractivity contribution in [2.45, 2.75) is 18.3 Å². The molecule has 0 spiro atoms. The van der Waals surface area contributed by atoms with Gasteiger partial charge in [0.2, 0.25) is 5.91 Å². The van der Waals surface area contributed by atoms with Crippen LogP contribution in [-0.2, 0) is 19.7 Å². The van der Waals surface area contributed by atoms with Gasteiger partial charge in [0.05, 0.1) is 30.5 Å². The molecule has 3 heterocycles.